The number of guanidine groups is 1. The van der Waals surface area contributed by atoms with Crippen molar-refractivity contribution in [2.75, 3.05) is 13.6 Å². The molecule has 0 aliphatic heterocycles. The van der Waals surface area contributed by atoms with Gasteiger partial charge in [-0.05, 0) is 36.8 Å². The number of nitrogens with zero attached hydrogens (tertiary/aromatic N) is 2. The molecule has 6 heteroatoms. The first-order valence-electron chi connectivity index (χ1n) is 8.88. The number of benzene rings is 2. The van der Waals surface area contributed by atoms with E-state index in [1.54, 1.807) is 25.4 Å². The molecule has 1 heterocycles. The van der Waals surface area contributed by atoms with E-state index in [4.69, 9.17) is 4.42 Å². The van der Waals surface area contributed by atoms with Crippen molar-refractivity contribution in [3.63, 3.8) is 0 Å². The van der Waals surface area contributed by atoms with Gasteiger partial charge in [0.15, 0.2) is 5.96 Å². The largest absolute Gasteiger partial charge is 0.444 e. The van der Waals surface area contributed by atoms with E-state index in [2.05, 4.69) is 39.7 Å². The lowest BCUT2D eigenvalue weighted by Gasteiger charge is -2.18. The second kappa shape index (κ2) is 8.98. The normalized spacial score (nSPS) is 12.6. The molecule has 0 aliphatic rings. The molecule has 0 saturated carbocycles. The van der Waals surface area contributed by atoms with Crippen molar-refractivity contribution in [3.05, 3.63) is 77.9 Å². The van der Waals surface area contributed by atoms with Crippen LogP contribution in [0, 0.1) is 5.82 Å². The molecule has 3 aromatic rings. The van der Waals surface area contributed by atoms with Gasteiger partial charge in [0.05, 0.1) is 11.7 Å². The molecule has 1 atom stereocenters. The lowest BCUT2D eigenvalue weighted by molar-refractivity contribution is 0.571. The van der Waals surface area contributed by atoms with Gasteiger partial charge in [-0.1, -0.05) is 30.3 Å². The van der Waals surface area contributed by atoms with Crippen LogP contribution < -0.4 is 10.6 Å². The van der Waals surface area contributed by atoms with Gasteiger partial charge in [-0.2, -0.15) is 0 Å². The Hall–Kier alpha value is -3.15. The predicted molar refractivity (Wildman–Crippen MR) is 105 cm³/mol. The summed E-state index contributed by atoms with van der Waals surface area (Å²) in [6.07, 6.45) is 2.31. The first-order chi connectivity index (χ1) is 13.2. The van der Waals surface area contributed by atoms with Crippen LogP contribution in [0.2, 0.25) is 0 Å². The van der Waals surface area contributed by atoms with Gasteiger partial charge < -0.3 is 15.1 Å². The fraction of sp³-hybridized carbons (Fsp3) is 0.238. The van der Waals surface area contributed by atoms with E-state index >= 15 is 0 Å². The summed E-state index contributed by atoms with van der Waals surface area (Å²) in [5.41, 5.74) is 2.78. The number of aliphatic imine (C=N–C) groups is 1. The Morgan fingerprint density at radius 2 is 1.89 bits per heavy atom. The van der Waals surface area contributed by atoms with Crippen LogP contribution in [0.15, 0.2) is 70.3 Å². The van der Waals surface area contributed by atoms with Crippen molar-refractivity contribution in [2.24, 2.45) is 4.99 Å². The van der Waals surface area contributed by atoms with Crippen molar-refractivity contribution in [3.8, 4) is 11.5 Å². The number of oxazole rings is 1. The minimum atomic E-state index is -0.279. The van der Waals surface area contributed by atoms with Crippen LogP contribution in [0.4, 0.5) is 4.39 Å². The minimum absolute atomic E-state index is 0.148. The second-order valence-electron chi connectivity index (χ2n) is 6.18. The molecule has 0 fully saturated rings. The smallest absolute Gasteiger partial charge is 0.226 e. The van der Waals surface area contributed by atoms with Gasteiger partial charge in [0, 0.05) is 25.6 Å². The van der Waals surface area contributed by atoms with E-state index in [1.165, 1.54) is 17.7 Å². The highest BCUT2D eigenvalue weighted by Crippen LogP contribution is 2.19. The zero-order valence-electron chi connectivity index (χ0n) is 15.4. The first kappa shape index (κ1) is 18.6. The summed E-state index contributed by atoms with van der Waals surface area (Å²) in [4.78, 5) is 8.71. The second-order valence-corrected chi connectivity index (χ2v) is 6.18. The molecule has 0 amide bonds. The summed E-state index contributed by atoms with van der Waals surface area (Å²) >= 11 is 0. The highest BCUT2D eigenvalue weighted by Gasteiger charge is 2.09. The van der Waals surface area contributed by atoms with E-state index in [-0.39, 0.29) is 11.9 Å². The molecule has 1 unspecified atom stereocenters. The van der Waals surface area contributed by atoms with Crippen molar-refractivity contribution in [1.29, 1.82) is 0 Å². The maximum absolute atomic E-state index is 13.0. The molecular weight excluding hydrogens is 343 g/mol. The molecule has 2 N–H and O–H groups in total. The molecule has 5 nitrogen and oxygen atoms in total. The summed E-state index contributed by atoms with van der Waals surface area (Å²) in [5.74, 6) is 0.942. The Morgan fingerprint density at radius 3 is 2.59 bits per heavy atom. The average molecular weight is 366 g/mol. The Labute approximate surface area is 158 Å². The number of hydrogen-bond acceptors (Lipinski definition) is 3. The van der Waals surface area contributed by atoms with Crippen LogP contribution in [0.25, 0.3) is 11.5 Å². The summed E-state index contributed by atoms with van der Waals surface area (Å²) < 4.78 is 18.5. The Balaban J connectivity index is 1.50. The molecule has 3 rings (SSSR count). The summed E-state index contributed by atoms with van der Waals surface area (Å²) in [7, 11) is 1.75. The lowest BCUT2D eigenvalue weighted by Crippen LogP contribution is -2.39. The quantitative estimate of drug-likeness (QED) is 0.512. The topological polar surface area (TPSA) is 62.5 Å². The number of nitrogens with one attached hydrogen (secondary N) is 2. The van der Waals surface area contributed by atoms with E-state index in [0.717, 1.165) is 17.2 Å². The molecule has 0 bridgehead atoms. The molecule has 2 aromatic carbocycles. The Bertz CT molecular complexity index is 875. The molecule has 0 radical (unpaired) electrons. The summed E-state index contributed by atoms with van der Waals surface area (Å²) in [6, 6.07) is 16.4. The number of hydrogen-bond donors (Lipinski definition) is 2. The van der Waals surface area contributed by atoms with Crippen LogP contribution in [0.5, 0.6) is 0 Å². The van der Waals surface area contributed by atoms with Crippen LogP contribution in [-0.4, -0.2) is 24.5 Å². The third kappa shape index (κ3) is 5.17. The van der Waals surface area contributed by atoms with Gasteiger partial charge in [-0.15, -0.1) is 0 Å². The molecule has 0 aliphatic carbocycles. The van der Waals surface area contributed by atoms with Gasteiger partial charge >= 0.3 is 0 Å². The van der Waals surface area contributed by atoms with E-state index in [1.807, 2.05) is 18.2 Å². The number of aromatic nitrogens is 1. The standard InChI is InChI=1S/C21H23FN4O/c1-15(16-6-4-3-5-7-16)25-21(23-2)24-13-12-19-14-27-20(26-19)17-8-10-18(22)11-9-17/h3-11,14-15H,12-13H2,1-2H3,(H2,23,24,25). The van der Waals surface area contributed by atoms with Gasteiger partial charge in [0.1, 0.15) is 12.1 Å². The Kier molecular flexibility index (Phi) is 6.20. The minimum Gasteiger partial charge on any atom is -0.444 e. The maximum Gasteiger partial charge on any atom is 0.226 e. The third-order valence-electron chi connectivity index (χ3n) is 4.19. The van der Waals surface area contributed by atoms with Crippen LogP contribution >= 0.6 is 0 Å². The monoisotopic (exact) mass is 366 g/mol. The maximum atomic E-state index is 13.0. The molecule has 140 valence electrons. The first-order valence-corrected chi connectivity index (χ1v) is 8.88. The van der Waals surface area contributed by atoms with Crippen LogP contribution in [0.3, 0.4) is 0 Å². The van der Waals surface area contributed by atoms with Crippen LogP contribution in [0.1, 0.15) is 24.2 Å². The predicted octanol–water partition coefficient (Wildman–Crippen LogP) is 3.95. The zero-order valence-corrected chi connectivity index (χ0v) is 15.4. The highest BCUT2D eigenvalue weighted by atomic mass is 19.1. The van der Waals surface area contributed by atoms with E-state index in [9.17, 15) is 4.39 Å². The number of halogens is 1. The fourth-order valence-electron chi connectivity index (χ4n) is 2.68. The lowest BCUT2D eigenvalue weighted by atomic mass is 10.1. The van der Waals surface area contributed by atoms with Gasteiger partial charge in [-0.3, -0.25) is 4.99 Å². The molecule has 1 aromatic heterocycles. The van der Waals surface area contributed by atoms with Crippen molar-refractivity contribution in [1.82, 2.24) is 15.6 Å². The van der Waals surface area contributed by atoms with Gasteiger partial charge in [-0.25, -0.2) is 9.37 Å². The fourth-order valence-corrected chi connectivity index (χ4v) is 2.68. The molecule has 0 spiro atoms. The average Bonchev–Trinajstić information content (AvgIpc) is 3.17. The van der Waals surface area contributed by atoms with Gasteiger partial charge in [0.2, 0.25) is 5.89 Å². The Morgan fingerprint density at radius 1 is 1.15 bits per heavy atom. The summed E-state index contributed by atoms with van der Waals surface area (Å²) in [5, 5.41) is 6.65. The number of rotatable bonds is 6. The van der Waals surface area contributed by atoms with Crippen molar-refractivity contribution < 1.29 is 8.81 Å². The van der Waals surface area contributed by atoms with E-state index < -0.39 is 0 Å². The zero-order chi connectivity index (χ0) is 19.1. The summed E-state index contributed by atoms with van der Waals surface area (Å²) in [6.45, 7) is 2.76. The highest BCUT2D eigenvalue weighted by molar-refractivity contribution is 5.80. The SMILES string of the molecule is CN=C(NCCc1coc(-c2ccc(F)cc2)n1)NC(C)c1ccccc1. The van der Waals surface area contributed by atoms with Crippen molar-refractivity contribution >= 4 is 5.96 Å². The molecular formula is C21H23FN4O. The third-order valence-corrected chi connectivity index (χ3v) is 4.19. The molecule has 0 saturated heterocycles. The molecule has 27 heavy (non-hydrogen) atoms. The van der Waals surface area contributed by atoms with Crippen LogP contribution in [-0.2, 0) is 6.42 Å². The van der Waals surface area contributed by atoms with Gasteiger partial charge in [0.25, 0.3) is 0 Å². The van der Waals surface area contributed by atoms with Crippen molar-refractivity contribution in [2.45, 2.75) is 19.4 Å². The van der Waals surface area contributed by atoms with E-state index in [0.29, 0.717) is 18.9 Å².